The van der Waals surface area contributed by atoms with Crippen molar-refractivity contribution in [3.05, 3.63) is 51.9 Å². The predicted molar refractivity (Wildman–Crippen MR) is 58.4 cm³/mol. The fourth-order valence-electron chi connectivity index (χ4n) is 1.21. The minimum atomic E-state index is -0.562. The van der Waals surface area contributed by atoms with E-state index in [1.54, 1.807) is 17.0 Å². The van der Waals surface area contributed by atoms with Gasteiger partial charge in [-0.1, -0.05) is 0 Å². The van der Waals surface area contributed by atoms with Crippen LogP contribution < -0.4 is 0 Å². The van der Waals surface area contributed by atoms with Crippen LogP contribution in [0.5, 0.6) is 0 Å². The molecule has 0 spiro atoms. The molecule has 0 unspecified atom stereocenters. The van der Waals surface area contributed by atoms with Crippen molar-refractivity contribution in [1.82, 2.24) is 4.57 Å². The van der Waals surface area contributed by atoms with Gasteiger partial charge in [0.25, 0.3) is 0 Å². The van der Waals surface area contributed by atoms with Gasteiger partial charge >= 0.3 is 0 Å². The number of aromatic nitrogens is 1. The molecule has 1 aromatic carbocycles. The largest absolute Gasteiger partial charge is 0.320 e. The van der Waals surface area contributed by atoms with Crippen LogP contribution in [0.3, 0.4) is 0 Å². The van der Waals surface area contributed by atoms with E-state index in [-0.39, 0.29) is 0 Å². The van der Waals surface area contributed by atoms with Gasteiger partial charge in [0.15, 0.2) is 0 Å². The van der Waals surface area contributed by atoms with Gasteiger partial charge in [-0.05, 0) is 40.8 Å². The zero-order valence-electron chi connectivity index (χ0n) is 7.05. The lowest BCUT2D eigenvalue weighted by atomic mass is 10.3. The van der Waals surface area contributed by atoms with Gasteiger partial charge in [-0.2, -0.15) is 0 Å². The molecule has 1 aromatic heterocycles. The molecule has 0 aliphatic heterocycles. The molecule has 1 nitrogen and oxygen atoms in total. The van der Waals surface area contributed by atoms with E-state index in [2.05, 4.69) is 22.6 Å². The Morgan fingerprint density at radius 3 is 2.50 bits per heavy atom. The van der Waals surface area contributed by atoms with Gasteiger partial charge in [0.05, 0.1) is 5.69 Å². The highest BCUT2D eigenvalue weighted by Gasteiger charge is 2.05. The first-order valence-electron chi connectivity index (χ1n) is 3.96. The van der Waals surface area contributed by atoms with E-state index in [1.807, 2.05) is 6.07 Å². The predicted octanol–water partition coefficient (Wildman–Crippen LogP) is 3.36. The molecule has 4 heteroatoms. The van der Waals surface area contributed by atoms with Crippen molar-refractivity contribution >= 4 is 22.6 Å². The molecular weight excluding hydrogens is 299 g/mol. The number of rotatable bonds is 1. The normalized spacial score (nSPS) is 10.5. The van der Waals surface area contributed by atoms with E-state index >= 15 is 0 Å². The highest BCUT2D eigenvalue weighted by molar-refractivity contribution is 14.1. The highest BCUT2D eigenvalue weighted by atomic mass is 127. The van der Waals surface area contributed by atoms with Gasteiger partial charge < -0.3 is 4.57 Å². The van der Waals surface area contributed by atoms with Gasteiger partial charge in [0.2, 0.25) is 0 Å². The summed E-state index contributed by atoms with van der Waals surface area (Å²) in [4.78, 5) is 0. The lowest BCUT2D eigenvalue weighted by Crippen LogP contribution is -1.94. The molecule has 2 aromatic rings. The number of nitrogens with zero attached hydrogens (tertiary/aromatic N) is 1. The fourth-order valence-corrected chi connectivity index (χ4v) is 1.67. The molecule has 2 rings (SSSR count). The molecule has 0 radical (unpaired) electrons. The maximum atomic E-state index is 13.3. The van der Waals surface area contributed by atoms with E-state index in [0.717, 1.165) is 9.64 Å². The van der Waals surface area contributed by atoms with Gasteiger partial charge in [-0.25, -0.2) is 8.78 Å². The molecule has 14 heavy (non-hydrogen) atoms. The first-order valence-corrected chi connectivity index (χ1v) is 5.03. The topological polar surface area (TPSA) is 4.93 Å². The Balaban J connectivity index is 2.52. The molecule has 0 bridgehead atoms. The summed E-state index contributed by atoms with van der Waals surface area (Å²) in [5.74, 6) is -1.12. The van der Waals surface area contributed by atoms with Gasteiger partial charge in [-0.3, -0.25) is 0 Å². The number of hydrogen-bond donors (Lipinski definition) is 0. The SMILES string of the molecule is Fc1ccc(-n2ccc(I)c2)c(F)c1. The van der Waals surface area contributed by atoms with Gasteiger partial charge in [0, 0.05) is 22.0 Å². The molecule has 0 aliphatic carbocycles. The minimum absolute atomic E-state index is 0.356. The summed E-state index contributed by atoms with van der Waals surface area (Å²) < 4.78 is 28.5. The summed E-state index contributed by atoms with van der Waals surface area (Å²) in [6.45, 7) is 0. The van der Waals surface area contributed by atoms with Crippen molar-refractivity contribution in [1.29, 1.82) is 0 Å². The summed E-state index contributed by atoms with van der Waals surface area (Å²) in [6.07, 6.45) is 3.51. The van der Waals surface area contributed by atoms with Crippen LogP contribution in [0.1, 0.15) is 0 Å². The van der Waals surface area contributed by atoms with E-state index < -0.39 is 11.6 Å². The Hall–Kier alpha value is -0.910. The summed E-state index contributed by atoms with van der Waals surface area (Å²) in [6, 6.07) is 5.39. The minimum Gasteiger partial charge on any atom is -0.320 e. The molecule has 0 aliphatic rings. The van der Waals surface area contributed by atoms with Crippen LogP contribution >= 0.6 is 22.6 Å². The molecular formula is C10H6F2IN. The quantitative estimate of drug-likeness (QED) is 0.712. The van der Waals surface area contributed by atoms with E-state index in [9.17, 15) is 8.78 Å². The summed E-state index contributed by atoms with van der Waals surface area (Å²) >= 11 is 2.13. The third-order valence-electron chi connectivity index (χ3n) is 1.84. The third-order valence-corrected chi connectivity index (χ3v) is 2.48. The Kier molecular flexibility index (Phi) is 2.54. The van der Waals surface area contributed by atoms with Crippen molar-refractivity contribution in [3.63, 3.8) is 0 Å². The van der Waals surface area contributed by atoms with E-state index in [1.165, 1.54) is 12.1 Å². The number of halogens is 3. The second-order valence-electron chi connectivity index (χ2n) is 2.83. The lowest BCUT2D eigenvalue weighted by molar-refractivity contribution is 0.578. The van der Waals surface area contributed by atoms with E-state index in [4.69, 9.17) is 0 Å². The van der Waals surface area contributed by atoms with Crippen LogP contribution in [-0.4, -0.2) is 4.57 Å². The van der Waals surface area contributed by atoms with Gasteiger partial charge in [0.1, 0.15) is 11.6 Å². The Morgan fingerprint density at radius 1 is 1.14 bits per heavy atom. The Bertz CT molecular complexity index is 465. The molecule has 0 saturated carbocycles. The molecule has 72 valence electrons. The van der Waals surface area contributed by atoms with Crippen LogP contribution in [-0.2, 0) is 0 Å². The van der Waals surface area contributed by atoms with Crippen molar-refractivity contribution < 1.29 is 8.78 Å². The standard InChI is InChI=1S/C10H6F2IN/c11-7-1-2-10(9(12)5-7)14-4-3-8(13)6-14/h1-6H. The van der Waals surface area contributed by atoms with Crippen molar-refractivity contribution in [2.45, 2.75) is 0 Å². The monoisotopic (exact) mass is 305 g/mol. The van der Waals surface area contributed by atoms with Crippen molar-refractivity contribution in [2.75, 3.05) is 0 Å². The molecule has 0 saturated heterocycles. The highest BCUT2D eigenvalue weighted by Crippen LogP contribution is 2.16. The van der Waals surface area contributed by atoms with Crippen LogP contribution in [0.2, 0.25) is 0 Å². The zero-order valence-corrected chi connectivity index (χ0v) is 9.20. The molecule has 1 heterocycles. The summed E-state index contributed by atoms with van der Waals surface area (Å²) in [5, 5.41) is 0. The zero-order chi connectivity index (χ0) is 10.1. The van der Waals surface area contributed by atoms with Crippen molar-refractivity contribution in [2.24, 2.45) is 0 Å². The maximum absolute atomic E-state index is 13.3. The third kappa shape index (κ3) is 1.79. The first-order chi connectivity index (χ1) is 6.66. The fraction of sp³-hybridized carbons (Fsp3) is 0. The van der Waals surface area contributed by atoms with Crippen LogP contribution in [0.25, 0.3) is 5.69 Å². The molecule has 0 N–H and O–H groups in total. The van der Waals surface area contributed by atoms with Crippen LogP contribution in [0, 0.1) is 15.2 Å². The summed E-state index contributed by atoms with van der Waals surface area (Å²) in [7, 11) is 0. The van der Waals surface area contributed by atoms with E-state index in [0.29, 0.717) is 5.69 Å². The number of benzene rings is 1. The average molecular weight is 305 g/mol. The maximum Gasteiger partial charge on any atom is 0.150 e. The van der Waals surface area contributed by atoms with Crippen molar-refractivity contribution in [3.8, 4) is 5.69 Å². The van der Waals surface area contributed by atoms with Crippen LogP contribution in [0.4, 0.5) is 8.78 Å². The smallest absolute Gasteiger partial charge is 0.150 e. The Labute approximate surface area is 93.5 Å². The first kappa shape index (κ1) is 9.64. The molecule has 0 atom stereocenters. The lowest BCUT2D eigenvalue weighted by Gasteiger charge is -2.03. The second kappa shape index (κ2) is 3.68. The average Bonchev–Trinajstić information content (AvgIpc) is 2.51. The number of hydrogen-bond acceptors (Lipinski definition) is 0. The Morgan fingerprint density at radius 2 is 1.93 bits per heavy atom. The van der Waals surface area contributed by atoms with Gasteiger partial charge in [-0.15, -0.1) is 0 Å². The summed E-state index contributed by atoms with van der Waals surface area (Å²) in [5.41, 5.74) is 0.356. The second-order valence-corrected chi connectivity index (χ2v) is 4.08. The molecule has 0 amide bonds. The molecule has 0 fully saturated rings. The van der Waals surface area contributed by atoms with Crippen LogP contribution in [0.15, 0.2) is 36.7 Å².